The monoisotopic (exact) mass is 219 g/mol. The van der Waals surface area contributed by atoms with E-state index in [0.29, 0.717) is 12.4 Å². The summed E-state index contributed by atoms with van der Waals surface area (Å²) >= 11 is 0. The molecule has 84 valence electrons. The van der Waals surface area contributed by atoms with Gasteiger partial charge < -0.3 is 10.1 Å². The van der Waals surface area contributed by atoms with Crippen molar-refractivity contribution in [2.24, 2.45) is 0 Å². The maximum Gasteiger partial charge on any atom is 0.211 e. The average molecular weight is 219 g/mol. The Labute approximate surface area is 93.0 Å². The number of tetrazole rings is 1. The van der Waals surface area contributed by atoms with Gasteiger partial charge in [-0.1, -0.05) is 23.4 Å². The molecule has 0 aliphatic carbocycles. The normalized spacial score (nSPS) is 10.3. The van der Waals surface area contributed by atoms with E-state index in [1.807, 2.05) is 31.3 Å². The predicted octanol–water partition coefficient (Wildman–Crippen LogP) is 0.498. The van der Waals surface area contributed by atoms with E-state index in [9.17, 15) is 0 Å². The molecule has 16 heavy (non-hydrogen) atoms. The molecule has 0 bridgehead atoms. The Morgan fingerprint density at radius 1 is 1.38 bits per heavy atom. The van der Waals surface area contributed by atoms with Crippen molar-refractivity contribution in [3.8, 4) is 5.75 Å². The number of hydrogen-bond donors (Lipinski definition) is 2. The maximum atomic E-state index is 5.61. The molecule has 0 amide bonds. The zero-order valence-electron chi connectivity index (χ0n) is 8.97. The van der Waals surface area contributed by atoms with Crippen LogP contribution in [0.1, 0.15) is 11.4 Å². The SMILES string of the molecule is CNCc1ccccc1OCc1nn[nH]n1. The summed E-state index contributed by atoms with van der Waals surface area (Å²) in [6.45, 7) is 1.08. The number of nitrogens with one attached hydrogen (secondary N) is 2. The van der Waals surface area contributed by atoms with E-state index in [1.54, 1.807) is 0 Å². The van der Waals surface area contributed by atoms with E-state index in [0.717, 1.165) is 17.9 Å². The van der Waals surface area contributed by atoms with Crippen molar-refractivity contribution in [2.45, 2.75) is 13.2 Å². The van der Waals surface area contributed by atoms with Gasteiger partial charge in [0.05, 0.1) is 0 Å². The van der Waals surface area contributed by atoms with E-state index in [4.69, 9.17) is 4.74 Å². The molecule has 0 spiro atoms. The largest absolute Gasteiger partial charge is 0.485 e. The van der Waals surface area contributed by atoms with Crippen molar-refractivity contribution in [1.82, 2.24) is 25.9 Å². The molecule has 0 unspecified atom stereocenters. The number of benzene rings is 1. The van der Waals surface area contributed by atoms with Crippen LogP contribution in [0.5, 0.6) is 5.75 Å². The van der Waals surface area contributed by atoms with Crippen LogP contribution < -0.4 is 10.1 Å². The first-order valence-electron chi connectivity index (χ1n) is 4.98. The van der Waals surface area contributed by atoms with Crippen molar-refractivity contribution >= 4 is 0 Å². The third kappa shape index (κ3) is 2.54. The van der Waals surface area contributed by atoms with Gasteiger partial charge in [0.1, 0.15) is 5.75 Å². The number of para-hydroxylation sites is 1. The number of aromatic amines is 1. The highest BCUT2D eigenvalue weighted by molar-refractivity contribution is 5.33. The van der Waals surface area contributed by atoms with Crippen molar-refractivity contribution in [3.05, 3.63) is 35.7 Å². The van der Waals surface area contributed by atoms with Crippen LogP contribution in [0.4, 0.5) is 0 Å². The minimum Gasteiger partial charge on any atom is -0.485 e. The number of hydrogen-bond acceptors (Lipinski definition) is 5. The number of ether oxygens (including phenoxy) is 1. The lowest BCUT2D eigenvalue weighted by Crippen LogP contribution is -2.07. The van der Waals surface area contributed by atoms with E-state index in [2.05, 4.69) is 25.9 Å². The van der Waals surface area contributed by atoms with E-state index >= 15 is 0 Å². The first-order valence-corrected chi connectivity index (χ1v) is 4.98. The van der Waals surface area contributed by atoms with Crippen LogP contribution in [0.15, 0.2) is 24.3 Å². The molecule has 0 saturated carbocycles. The Balaban J connectivity index is 2.03. The smallest absolute Gasteiger partial charge is 0.211 e. The molecule has 0 saturated heterocycles. The first-order chi connectivity index (χ1) is 7.90. The lowest BCUT2D eigenvalue weighted by atomic mass is 10.2. The topological polar surface area (TPSA) is 75.7 Å². The summed E-state index contributed by atoms with van der Waals surface area (Å²) in [5.74, 6) is 1.38. The molecule has 1 aromatic heterocycles. The van der Waals surface area contributed by atoms with Gasteiger partial charge in [0.15, 0.2) is 6.61 Å². The third-order valence-corrected chi connectivity index (χ3v) is 2.09. The Hall–Kier alpha value is -1.95. The Morgan fingerprint density at radius 2 is 2.25 bits per heavy atom. The molecule has 0 aliphatic rings. The van der Waals surface area contributed by atoms with Crippen LogP contribution in [0.25, 0.3) is 0 Å². The number of nitrogens with zero attached hydrogens (tertiary/aromatic N) is 3. The Morgan fingerprint density at radius 3 is 3.00 bits per heavy atom. The summed E-state index contributed by atoms with van der Waals surface area (Å²) in [7, 11) is 1.90. The molecule has 2 N–H and O–H groups in total. The van der Waals surface area contributed by atoms with E-state index < -0.39 is 0 Å². The second kappa shape index (κ2) is 5.22. The van der Waals surface area contributed by atoms with Crippen LogP contribution in [-0.2, 0) is 13.2 Å². The fourth-order valence-electron chi connectivity index (χ4n) is 1.37. The van der Waals surface area contributed by atoms with Gasteiger partial charge in [0.2, 0.25) is 5.82 Å². The standard InChI is InChI=1S/C10H13N5O/c1-11-6-8-4-2-3-5-9(8)16-7-10-12-14-15-13-10/h2-5,11H,6-7H2,1H3,(H,12,13,14,15). The van der Waals surface area contributed by atoms with Crippen LogP contribution in [0.3, 0.4) is 0 Å². The summed E-state index contributed by atoms with van der Waals surface area (Å²) in [6.07, 6.45) is 0. The van der Waals surface area contributed by atoms with E-state index in [1.165, 1.54) is 0 Å². The molecule has 1 aromatic carbocycles. The average Bonchev–Trinajstić information content (AvgIpc) is 2.81. The molecule has 0 radical (unpaired) electrons. The van der Waals surface area contributed by atoms with Crippen molar-refractivity contribution in [1.29, 1.82) is 0 Å². The van der Waals surface area contributed by atoms with Crippen LogP contribution in [0.2, 0.25) is 0 Å². The minimum absolute atomic E-state index is 0.317. The summed E-state index contributed by atoms with van der Waals surface area (Å²) in [6, 6.07) is 7.85. The summed E-state index contributed by atoms with van der Waals surface area (Å²) in [5.41, 5.74) is 1.11. The minimum atomic E-state index is 0.317. The highest BCUT2D eigenvalue weighted by Crippen LogP contribution is 2.18. The Bertz CT molecular complexity index is 429. The van der Waals surface area contributed by atoms with Gasteiger partial charge in [0.25, 0.3) is 0 Å². The molecule has 0 fully saturated rings. The zero-order chi connectivity index (χ0) is 11.2. The van der Waals surface area contributed by atoms with Gasteiger partial charge in [-0.2, -0.15) is 5.21 Å². The number of rotatable bonds is 5. The quantitative estimate of drug-likeness (QED) is 0.765. The van der Waals surface area contributed by atoms with Gasteiger partial charge in [-0.3, -0.25) is 0 Å². The predicted molar refractivity (Wildman–Crippen MR) is 57.7 cm³/mol. The van der Waals surface area contributed by atoms with Crippen molar-refractivity contribution in [2.75, 3.05) is 7.05 Å². The fraction of sp³-hybridized carbons (Fsp3) is 0.300. The van der Waals surface area contributed by atoms with Crippen LogP contribution in [0, 0.1) is 0 Å². The van der Waals surface area contributed by atoms with Gasteiger partial charge in [-0.05, 0) is 13.1 Å². The first kappa shape index (κ1) is 10.6. The number of aromatic nitrogens is 4. The Kier molecular flexibility index (Phi) is 3.45. The van der Waals surface area contributed by atoms with Gasteiger partial charge in [-0.15, -0.1) is 10.2 Å². The van der Waals surface area contributed by atoms with E-state index in [-0.39, 0.29) is 0 Å². The highest BCUT2D eigenvalue weighted by Gasteiger charge is 2.04. The zero-order valence-corrected chi connectivity index (χ0v) is 8.97. The molecule has 6 nitrogen and oxygen atoms in total. The second-order valence-corrected chi connectivity index (χ2v) is 3.25. The maximum absolute atomic E-state index is 5.61. The highest BCUT2D eigenvalue weighted by atomic mass is 16.5. The van der Waals surface area contributed by atoms with Crippen LogP contribution in [-0.4, -0.2) is 27.7 Å². The molecular formula is C10H13N5O. The number of H-pyrrole nitrogens is 1. The van der Waals surface area contributed by atoms with Gasteiger partial charge >= 0.3 is 0 Å². The molecule has 0 aliphatic heterocycles. The summed E-state index contributed by atoms with van der Waals surface area (Å²) < 4.78 is 5.61. The molecule has 0 atom stereocenters. The van der Waals surface area contributed by atoms with Crippen molar-refractivity contribution < 1.29 is 4.74 Å². The molecular weight excluding hydrogens is 206 g/mol. The van der Waals surface area contributed by atoms with Gasteiger partial charge in [-0.25, -0.2) is 0 Å². The molecule has 2 rings (SSSR count). The molecule has 1 heterocycles. The summed E-state index contributed by atoms with van der Waals surface area (Å²) in [4.78, 5) is 0. The molecule has 2 aromatic rings. The second-order valence-electron chi connectivity index (χ2n) is 3.25. The van der Waals surface area contributed by atoms with Crippen molar-refractivity contribution in [3.63, 3.8) is 0 Å². The fourth-order valence-corrected chi connectivity index (χ4v) is 1.37. The lowest BCUT2D eigenvalue weighted by molar-refractivity contribution is 0.292. The van der Waals surface area contributed by atoms with Gasteiger partial charge in [0, 0.05) is 12.1 Å². The molecule has 6 heteroatoms. The lowest BCUT2D eigenvalue weighted by Gasteiger charge is -2.09. The third-order valence-electron chi connectivity index (χ3n) is 2.09. The van der Waals surface area contributed by atoms with Crippen LogP contribution >= 0.6 is 0 Å². The summed E-state index contributed by atoms with van der Waals surface area (Å²) in [5, 5.41) is 16.6.